The highest BCUT2D eigenvalue weighted by molar-refractivity contribution is 5.67. The van der Waals surface area contributed by atoms with Crippen LogP contribution in [-0.2, 0) is 12.8 Å². The highest BCUT2D eigenvalue weighted by Gasteiger charge is 2.25. The lowest BCUT2D eigenvalue weighted by atomic mass is 9.88. The van der Waals surface area contributed by atoms with Crippen molar-refractivity contribution in [3.05, 3.63) is 51.8 Å². The van der Waals surface area contributed by atoms with Crippen molar-refractivity contribution in [1.82, 2.24) is 9.97 Å². The van der Waals surface area contributed by atoms with Crippen LogP contribution in [0.3, 0.4) is 0 Å². The molecule has 1 atom stereocenters. The highest BCUT2D eigenvalue weighted by atomic mass is 16.6. The van der Waals surface area contributed by atoms with Crippen LogP contribution in [0, 0.1) is 10.1 Å². The number of nitrogens with zero attached hydrogens (tertiary/aromatic N) is 3. The van der Waals surface area contributed by atoms with Crippen LogP contribution < -0.4 is 11.1 Å². The molecule has 108 valence electrons. The Kier molecular flexibility index (Phi) is 3.39. The second-order valence-corrected chi connectivity index (χ2v) is 5.07. The van der Waals surface area contributed by atoms with Crippen LogP contribution in [0.25, 0.3) is 0 Å². The molecule has 1 aromatic carbocycles. The zero-order valence-corrected chi connectivity index (χ0v) is 11.3. The van der Waals surface area contributed by atoms with Gasteiger partial charge in [0.15, 0.2) is 0 Å². The second-order valence-electron chi connectivity index (χ2n) is 5.07. The fraction of sp³-hybridized carbons (Fsp3) is 0.286. The zero-order valence-electron chi connectivity index (χ0n) is 11.3. The quantitative estimate of drug-likeness (QED) is 0.659. The third-order valence-corrected chi connectivity index (χ3v) is 3.72. The summed E-state index contributed by atoms with van der Waals surface area (Å²) in [5, 5.41) is 14.2. The largest absolute Gasteiger partial charge is 0.378 e. The van der Waals surface area contributed by atoms with Crippen LogP contribution in [0.5, 0.6) is 0 Å². The summed E-state index contributed by atoms with van der Waals surface area (Å²) >= 11 is 0. The van der Waals surface area contributed by atoms with E-state index in [1.165, 1.54) is 17.5 Å². The third kappa shape index (κ3) is 2.62. The first-order valence-electron chi connectivity index (χ1n) is 6.73. The van der Waals surface area contributed by atoms with E-state index in [2.05, 4.69) is 27.4 Å². The van der Waals surface area contributed by atoms with Gasteiger partial charge in [-0.05, 0) is 30.4 Å². The lowest BCUT2D eigenvalue weighted by Crippen LogP contribution is -2.28. The van der Waals surface area contributed by atoms with Gasteiger partial charge in [0.1, 0.15) is 6.33 Å². The van der Waals surface area contributed by atoms with Gasteiger partial charge >= 0.3 is 5.69 Å². The molecule has 0 amide bonds. The number of fused-ring (bicyclic) bond motifs is 1. The number of rotatable bonds is 3. The standard InChI is InChI=1S/C14H15N5O2/c15-13-12(19(20)21)14(17-8-16-13)18-11-6-5-9-3-1-2-4-10(9)7-11/h1-4,8,11H,5-7H2,(H3,15,16,17,18). The number of hydrogen-bond acceptors (Lipinski definition) is 6. The second kappa shape index (κ2) is 5.35. The van der Waals surface area contributed by atoms with Crippen molar-refractivity contribution < 1.29 is 4.92 Å². The van der Waals surface area contributed by atoms with E-state index in [-0.39, 0.29) is 23.4 Å². The molecule has 1 aliphatic carbocycles. The van der Waals surface area contributed by atoms with E-state index < -0.39 is 4.92 Å². The molecule has 0 saturated carbocycles. The summed E-state index contributed by atoms with van der Waals surface area (Å²) in [4.78, 5) is 18.2. The van der Waals surface area contributed by atoms with E-state index in [1.807, 2.05) is 12.1 Å². The lowest BCUT2D eigenvalue weighted by molar-refractivity contribution is -0.383. The topological polar surface area (TPSA) is 107 Å². The minimum absolute atomic E-state index is 0.105. The average Bonchev–Trinajstić information content (AvgIpc) is 2.47. The summed E-state index contributed by atoms with van der Waals surface area (Å²) in [5.74, 6) is 0.0746. The molecule has 0 spiro atoms. The van der Waals surface area contributed by atoms with Crippen molar-refractivity contribution >= 4 is 17.3 Å². The molecule has 2 aromatic rings. The molecule has 7 heteroatoms. The van der Waals surface area contributed by atoms with Crippen LogP contribution >= 0.6 is 0 Å². The number of nitrogens with one attached hydrogen (secondary N) is 1. The van der Waals surface area contributed by atoms with Gasteiger partial charge in [-0.25, -0.2) is 9.97 Å². The minimum atomic E-state index is -0.547. The molecule has 3 rings (SSSR count). The number of aryl methyl sites for hydroxylation is 1. The molecule has 21 heavy (non-hydrogen) atoms. The van der Waals surface area contributed by atoms with Crippen LogP contribution in [0.15, 0.2) is 30.6 Å². The summed E-state index contributed by atoms with van der Waals surface area (Å²) in [7, 11) is 0. The van der Waals surface area contributed by atoms with Gasteiger partial charge in [0.25, 0.3) is 0 Å². The maximum absolute atomic E-state index is 11.1. The Labute approximate surface area is 121 Å². The number of nitro groups is 1. The van der Waals surface area contributed by atoms with Crippen LogP contribution in [0.4, 0.5) is 17.3 Å². The van der Waals surface area contributed by atoms with Gasteiger partial charge in [0.05, 0.1) is 4.92 Å². The highest BCUT2D eigenvalue weighted by Crippen LogP contribution is 2.29. The Morgan fingerprint density at radius 3 is 2.81 bits per heavy atom. The van der Waals surface area contributed by atoms with Gasteiger partial charge in [-0.2, -0.15) is 0 Å². The van der Waals surface area contributed by atoms with Gasteiger partial charge in [-0.15, -0.1) is 0 Å². The Bertz CT molecular complexity index is 689. The fourth-order valence-corrected chi connectivity index (χ4v) is 2.69. The zero-order chi connectivity index (χ0) is 14.8. The Morgan fingerprint density at radius 2 is 2.05 bits per heavy atom. The van der Waals surface area contributed by atoms with Crippen LogP contribution in [-0.4, -0.2) is 20.9 Å². The molecule has 1 unspecified atom stereocenters. The molecule has 0 radical (unpaired) electrons. The smallest absolute Gasteiger partial charge is 0.352 e. The Morgan fingerprint density at radius 1 is 1.29 bits per heavy atom. The number of aromatic nitrogens is 2. The predicted octanol–water partition coefficient (Wildman–Crippen LogP) is 1.94. The molecule has 7 nitrogen and oxygen atoms in total. The third-order valence-electron chi connectivity index (χ3n) is 3.72. The fourth-order valence-electron chi connectivity index (χ4n) is 2.69. The number of anilines is 2. The van der Waals surface area contributed by atoms with Crippen LogP contribution in [0.1, 0.15) is 17.5 Å². The molecule has 0 aliphatic heterocycles. The maximum atomic E-state index is 11.1. The normalized spacial score (nSPS) is 17.0. The van der Waals surface area contributed by atoms with Crippen molar-refractivity contribution in [2.45, 2.75) is 25.3 Å². The van der Waals surface area contributed by atoms with Crippen molar-refractivity contribution in [1.29, 1.82) is 0 Å². The Balaban J connectivity index is 1.83. The van der Waals surface area contributed by atoms with E-state index >= 15 is 0 Å². The van der Waals surface area contributed by atoms with Gasteiger partial charge in [-0.1, -0.05) is 24.3 Å². The number of nitrogens with two attached hydrogens (primary N) is 1. The van der Waals surface area contributed by atoms with Gasteiger partial charge in [0.2, 0.25) is 11.6 Å². The molecular weight excluding hydrogens is 270 g/mol. The number of benzene rings is 1. The van der Waals surface area contributed by atoms with Gasteiger partial charge < -0.3 is 11.1 Å². The lowest BCUT2D eigenvalue weighted by Gasteiger charge is -2.25. The SMILES string of the molecule is Nc1ncnc(NC2CCc3ccccc3C2)c1[N+](=O)[O-]. The van der Waals surface area contributed by atoms with E-state index in [0.29, 0.717) is 0 Å². The number of hydrogen-bond donors (Lipinski definition) is 2. The first-order chi connectivity index (χ1) is 10.1. The molecule has 0 fully saturated rings. The summed E-state index contributed by atoms with van der Waals surface area (Å²) in [6.07, 6.45) is 3.90. The number of nitrogen functional groups attached to an aromatic ring is 1. The molecular formula is C14H15N5O2. The summed E-state index contributed by atoms with van der Waals surface area (Å²) in [6, 6.07) is 8.35. The minimum Gasteiger partial charge on any atom is -0.378 e. The monoisotopic (exact) mass is 285 g/mol. The van der Waals surface area contributed by atoms with Crippen molar-refractivity contribution in [3.63, 3.8) is 0 Å². The molecule has 1 heterocycles. The summed E-state index contributed by atoms with van der Waals surface area (Å²) in [5.41, 5.74) is 7.93. The van der Waals surface area contributed by atoms with E-state index in [0.717, 1.165) is 19.3 Å². The van der Waals surface area contributed by atoms with Gasteiger partial charge in [-0.3, -0.25) is 10.1 Å². The van der Waals surface area contributed by atoms with E-state index in [4.69, 9.17) is 5.73 Å². The van der Waals surface area contributed by atoms with Crippen molar-refractivity contribution in [3.8, 4) is 0 Å². The van der Waals surface area contributed by atoms with Crippen molar-refractivity contribution in [2.24, 2.45) is 0 Å². The van der Waals surface area contributed by atoms with Gasteiger partial charge in [0, 0.05) is 6.04 Å². The molecule has 1 aromatic heterocycles. The molecule has 0 bridgehead atoms. The predicted molar refractivity (Wildman–Crippen MR) is 79.0 cm³/mol. The molecule has 0 saturated heterocycles. The van der Waals surface area contributed by atoms with E-state index in [9.17, 15) is 10.1 Å². The molecule has 3 N–H and O–H groups in total. The maximum Gasteiger partial charge on any atom is 0.352 e. The first-order valence-corrected chi connectivity index (χ1v) is 6.73. The van der Waals surface area contributed by atoms with Crippen LogP contribution in [0.2, 0.25) is 0 Å². The Hall–Kier alpha value is -2.70. The summed E-state index contributed by atoms with van der Waals surface area (Å²) in [6.45, 7) is 0. The average molecular weight is 285 g/mol. The molecule has 1 aliphatic rings. The first kappa shape index (κ1) is 13.3. The van der Waals surface area contributed by atoms with Crippen molar-refractivity contribution in [2.75, 3.05) is 11.1 Å². The summed E-state index contributed by atoms with van der Waals surface area (Å²) < 4.78 is 0. The van der Waals surface area contributed by atoms with E-state index in [1.54, 1.807) is 0 Å².